The highest BCUT2D eigenvalue weighted by Crippen LogP contribution is 2.27. The Bertz CT molecular complexity index is 384. The molecule has 108 valence electrons. The number of hydrogen-bond acceptors (Lipinski definition) is 4. The van der Waals surface area contributed by atoms with E-state index in [1.54, 1.807) is 6.07 Å². The zero-order valence-corrected chi connectivity index (χ0v) is 10.5. The van der Waals surface area contributed by atoms with E-state index in [0.717, 1.165) is 0 Å². The molecule has 1 rings (SSSR count). The fourth-order valence-electron chi connectivity index (χ4n) is 1.40. The van der Waals surface area contributed by atoms with Gasteiger partial charge >= 0.3 is 6.18 Å². The third-order valence-electron chi connectivity index (χ3n) is 2.30. The zero-order chi connectivity index (χ0) is 14.5. The summed E-state index contributed by atoms with van der Waals surface area (Å²) >= 11 is 0. The van der Waals surface area contributed by atoms with Crippen molar-refractivity contribution in [1.29, 1.82) is 0 Å². The lowest BCUT2D eigenvalue weighted by Gasteiger charge is -2.15. The summed E-state index contributed by atoms with van der Waals surface area (Å²) in [5, 5.41) is 9.75. The van der Waals surface area contributed by atoms with Gasteiger partial charge < -0.3 is 19.3 Å². The van der Waals surface area contributed by atoms with Crippen molar-refractivity contribution in [3.63, 3.8) is 0 Å². The van der Waals surface area contributed by atoms with Crippen molar-refractivity contribution in [3.05, 3.63) is 23.8 Å². The molecule has 0 bridgehead atoms. The molecule has 7 heteroatoms. The van der Waals surface area contributed by atoms with Crippen LogP contribution in [-0.2, 0) is 4.74 Å². The Labute approximate surface area is 108 Å². The maximum Gasteiger partial charge on any atom is 0.411 e. The van der Waals surface area contributed by atoms with Crippen molar-refractivity contribution in [2.24, 2.45) is 0 Å². The van der Waals surface area contributed by atoms with Gasteiger partial charge in [0.25, 0.3) is 0 Å². The zero-order valence-electron chi connectivity index (χ0n) is 10.5. The average Bonchev–Trinajstić information content (AvgIpc) is 2.36. The van der Waals surface area contributed by atoms with E-state index in [9.17, 15) is 18.3 Å². The number of aliphatic hydroxyl groups excluding tert-OH is 1. The molecule has 0 amide bonds. The van der Waals surface area contributed by atoms with E-state index >= 15 is 0 Å². The number of methoxy groups -OCH3 is 2. The Morgan fingerprint density at radius 1 is 1.11 bits per heavy atom. The van der Waals surface area contributed by atoms with Crippen LogP contribution in [0.1, 0.15) is 11.7 Å². The van der Waals surface area contributed by atoms with Crippen LogP contribution in [0.5, 0.6) is 11.5 Å². The monoisotopic (exact) mass is 280 g/mol. The van der Waals surface area contributed by atoms with Crippen molar-refractivity contribution in [2.45, 2.75) is 12.3 Å². The second-order valence-corrected chi connectivity index (χ2v) is 3.79. The van der Waals surface area contributed by atoms with E-state index < -0.39 is 25.5 Å². The Morgan fingerprint density at radius 2 is 1.63 bits per heavy atom. The molecule has 0 heterocycles. The smallest absolute Gasteiger partial charge is 0.411 e. The number of aliphatic hydroxyl groups is 1. The summed E-state index contributed by atoms with van der Waals surface area (Å²) < 4.78 is 50.1. The molecule has 1 atom stereocenters. The van der Waals surface area contributed by atoms with Crippen LogP contribution in [0.4, 0.5) is 13.2 Å². The van der Waals surface area contributed by atoms with E-state index in [4.69, 9.17) is 9.47 Å². The molecule has 0 spiro atoms. The SMILES string of the molecule is COc1cc(OC)cc(C(O)COCC(F)(F)F)c1. The number of benzene rings is 1. The van der Waals surface area contributed by atoms with Crippen molar-refractivity contribution in [1.82, 2.24) is 0 Å². The van der Waals surface area contributed by atoms with Crippen LogP contribution in [0.3, 0.4) is 0 Å². The van der Waals surface area contributed by atoms with E-state index in [2.05, 4.69) is 4.74 Å². The molecular formula is C12H15F3O4. The average molecular weight is 280 g/mol. The third-order valence-corrected chi connectivity index (χ3v) is 2.30. The summed E-state index contributed by atoms with van der Waals surface area (Å²) in [7, 11) is 2.87. The molecule has 0 aromatic heterocycles. The summed E-state index contributed by atoms with van der Waals surface area (Å²) in [6.45, 7) is -1.86. The maximum absolute atomic E-state index is 11.9. The van der Waals surface area contributed by atoms with Crippen molar-refractivity contribution in [3.8, 4) is 11.5 Å². The van der Waals surface area contributed by atoms with E-state index in [-0.39, 0.29) is 0 Å². The molecule has 19 heavy (non-hydrogen) atoms. The highest BCUT2D eigenvalue weighted by molar-refractivity contribution is 5.39. The number of halogens is 3. The van der Waals surface area contributed by atoms with Crippen molar-refractivity contribution < 1.29 is 32.5 Å². The second-order valence-electron chi connectivity index (χ2n) is 3.79. The molecular weight excluding hydrogens is 265 g/mol. The molecule has 1 aromatic carbocycles. The quantitative estimate of drug-likeness (QED) is 0.868. The normalized spacial score (nSPS) is 13.2. The van der Waals surface area contributed by atoms with Gasteiger partial charge in [-0.25, -0.2) is 0 Å². The van der Waals surface area contributed by atoms with Gasteiger partial charge in [-0.15, -0.1) is 0 Å². The fraction of sp³-hybridized carbons (Fsp3) is 0.500. The fourth-order valence-corrected chi connectivity index (χ4v) is 1.40. The van der Waals surface area contributed by atoms with Crippen LogP contribution in [0.25, 0.3) is 0 Å². The first-order chi connectivity index (χ1) is 8.85. The lowest BCUT2D eigenvalue weighted by molar-refractivity contribution is -0.179. The van der Waals surface area contributed by atoms with Gasteiger partial charge in [-0.05, 0) is 17.7 Å². The van der Waals surface area contributed by atoms with Crippen molar-refractivity contribution in [2.75, 3.05) is 27.4 Å². The van der Waals surface area contributed by atoms with Gasteiger partial charge in [-0.2, -0.15) is 13.2 Å². The van der Waals surface area contributed by atoms with Gasteiger partial charge in [0.05, 0.1) is 20.8 Å². The largest absolute Gasteiger partial charge is 0.497 e. The van der Waals surface area contributed by atoms with Crippen LogP contribution < -0.4 is 9.47 Å². The molecule has 1 unspecified atom stereocenters. The Kier molecular flexibility index (Phi) is 5.44. The lowest BCUT2D eigenvalue weighted by atomic mass is 10.1. The molecule has 0 saturated carbocycles. The standard InChI is InChI=1S/C12H15F3O4/c1-17-9-3-8(4-10(5-9)18-2)11(16)6-19-7-12(13,14)15/h3-5,11,16H,6-7H2,1-2H3. The van der Waals surface area contributed by atoms with E-state index in [0.29, 0.717) is 17.1 Å². The van der Waals surface area contributed by atoms with Gasteiger partial charge in [-0.1, -0.05) is 0 Å². The molecule has 1 N–H and O–H groups in total. The minimum atomic E-state index is -4.41. The molecule has 4 nitrogen and oxygen atoms in total. The first-order valence-electron chi connectivity index (χ1n) is 5.41. The highest BCUT2D eigenvalue weighted by atomic mass is 19.4. The maximum atomic E-state index is 11.9. The molecule has 0 aliphatic carbocycles. The predicted molar refractivity (Wildman–Crippen MR) is 61.4 cm³/mol. The van der Waals surface area contributed by atoms with Crippen LogP contribution in [0.2, 0.25) is 0 Å². The second kappa shape index (κ2) is 6.63. The predicted octanol–water partition coefficient (Wildman–Crippen LogP) is 2.32. The van der Waals surface area contributed by atoms with Gasteiger partial charge in [0.1, 0.15) is 24.2 Å². The van der Waals surface area contributed by atoms with Crippen molar-refractivity contribution >= 4 is 0 Å². The minimum absolute atomic E-state index is 0.360. The topological polar surface area (TPSA) is 47.9 Å². The summed E-state index contributed by atoms with van der Waals surface area (Å²) in [5.41, 5.74) is 0.360. The van der Waals surface area contributed by atoms with Gasteiger partial charge in [-0.3, -0.25) is 0 Å². The molecule has 1 aromatic rings. The Morgan fingerprint density at radius 3 is 2.05 bits per heavy atom. The van der Waals surface area contributed by atoms with E-state index in [1.807, 2.05) is 0 Å². The summed E-state index contributed by atoms with van der Waals surface area (Å²) in [4.78, 5) is 0. The number of rotatable bonds is 6. The number of ether oxygens (including phenoxy) is 3. The summed E-state index contributed by atoms with van der Waals surface area (Å²) in [5.74, 6) is 0.869. The molecule has 0 aliphatic rings. The number of alkyl halides is 3. The van der Waals surface area contributed by atoms with Crippen LogP contribution in [0, 0.1) is 0 Å². The first kappa shape index (κ1) is 15.6. The summed E-state index contributed by atoms with van der Waals surface area (Å²) in [6.07, 6.45) is -5.60. The Hall–Kier alpha value is -1.47. The van der Waals surface area contributed by atoms with E-state index in [1.165, 1.54) is 26.4 Å². The molecule has 0 saturated heterocycles. The molecule has 0 radical (unpaired) electrons. The van der Waals surface area contributed by atoms with Crippen LogP contribution in [-0.4, -0.2) is 38.7 Å². The third kappa shape index (κ3) is 5.35. The van der Waals surface area contributed by atoms with Crippen LogP contribution >= 0.6 is 0 Å². The molecule has 0 fully saturated rings. The van der Waals surface area contributed by atoms with Gasteiger partial charge in [0, 0.05) is 6.07 Å². The highest BCUT2D eigenvalue weighted by Gasteiger charge is 2.28. The van der Waals surface area contributed by atoms with Crippen LogP contribution in [0.15, 0.2) is 18.2 Å². The molecule has 0 aliphatic heterocycles. The van der Waals surface area contributed by atoms with Gasteiger partial charge in [0.2, 0.25) is 0 Å². The number of hydrogen-bond donors (Lipinski definition) is 1. The summed E-state index contributed by atoms with van der Waals surface area (Å²) in [6, 6.07) is 4.60. The Balaban J connectivity index is 2.68. The minimum Gasteiger partial charge on any atom is -0.497 e. The first-order valence-corrected chi connectivity index (χ1v) is 5.41. The van der Waals surface area contributed by atoms with Gasteiger partial charge in [0.15, 0.2) is 0 Å². The lowest BCUT2D eigenvalue weighted by Crippen LogP contribution is -2.19.